The summed E-state index contributed by atoms with van der Waals surface area (Å²) in [4.78, 5) is 28.3. The number of rotatable bonds is 1. The summed E-state index contributed by atoms with van der Waals surface area (Å²) in [5.41, 5.74) is 1.05. The van der Waals surface area contributed by atoms with Gasteiger partial charge in [-0.25, -0.2) is 4.79 Å². The number of hydrogen-bond acceptors (Lipinski definition) is 2. The van der Waals surface area contributed by atoms with E-state index < -0.39 is 0 Å². The number of aromatic amines is 2. The van der Waals surface area contributed by atoms with Gasteiger partial charge in [0.05, 0.1) is 0 Å². The van der Waals surface area contributed by atoms with Gasteiger partial charge in [0, 0.05) is 17.2 Å². The largest absolute Gasteiger partial charge is 0.325 e. The smallest absolute Gasteiger partial charge is 0.311 e. The van der Waals surface area contributed by atoms with Crippen LogP contribution in [0.15, 0.2) is 9.59 Å². The van der Waals surface area contributed by atoms with Crippen molar-refractivity contribution in [2.24, 2.45) is 5.92 Å². The predicted octanol–water partition coefficient (Wildman–Crippen LogP) is 1.70. The molecule has 0 amide bonds. The van der Waals surface area contributed by atoms with E-state index in [-0.39, 0.29) is 17.2 Å². The average Bonchev–Trinajstić information content (AvgIpc) is 2.15. The van der Waals surface area contributed by atoms with Gasteiger partial charge in [-0.15, -0.1) is 0 Å². The zero-order valence-electron chi connectivity index (χ0n) is 9.96. The van der Waals surface area contributed by atoms with Crippen molar-refractivity contribution in [3.8, 4) is 0 Å². The second-order valence-electron chi connectivity index (χ2n) is 5.06. The Morgan fingerprint density at radius 3 is 2.50 bits per heavy atom. The third-order valence-electron chi connectivity index (χ3n) is 3.59. The van der Waals surface area contributed by atoms with E-state index in [9.17, 15) is 9.59 Å². The summed E-state index contributed by atoms with van der Waals surface area (Å²) >= 11 is 0. The molecule has 0 bridgehead atoms. The Kier molecular flexibility index (Phi) is 2.74. The highest BCUT2D eigenvalue weighted by Gasteiger charge is 2.29. The van der Waals surface area contributed by atoms with Crippen LogP contribution < -0.4 is 11.2 Å². The summed E-state index contributed by atoms with van der Waals surface area (Å²) in [5.74, 6) is 0.996. The van der Waals surface area contributed by atoms with Crippen molar-refractivity contribution in [3.63, 3.8) is 0 Å². The van der Waals surface area contributed by atoms with Crippen LogP contribution in [0.4, 0.5) is 0 Å². The molecule has 88 valence electrons. The molecule has 2 unspecified atom stereocenters. The molecular weight excluding hydrogens is 204 g/mol. The van der Waals surface area contributed by atoms with Crippen LogP contribution in [-0.2, 0) is 0 Å². The summed E-state index contributed by atoms with van der Waals surface area (Å²) in [6, 6.07) is 0. The fourth-order valence-electron chi connectivity index (χ4n) is 2.68. The molecule has 0 aliphatic heterocycles. The Hall–Kier alpha value is -1.32. The third kappa shape index (κ3) is 1.72. The molecular formula is C12H18N2O2. The fraction of sp³-hybridized carbons (Fsp3) is 0.667. The van der Waals surface area contributed by atoms with Gasteiger partial charge < -0.3 is 4.98 Å². The van der Waals surface area contributed by atoms with Crippen molar-refractivity contribution < 1.29 is 0 Å². The molecule has 0 spiro atoms. The Bertz CT molecular complexity index is 498. The summed E-state index contributed by atoms with van der Waals surface area (Å²) in [6.07, 6.45) is 2.07. The van der Waals surface area contributed by atoms with E-state index in [1.54, 1.807) is 0 Å². The molecule has 2 N–H and O–H groups in total. The quantitative estimate of drug-likeness (QED) is 0.759. The van der Waals surface area contributed by atoms with E-state index in [0.29, 0.717) is 11.8 Å². The van der Waals surface area contributed by atoms with Gasteiger partial charge in [0.2, 0.25) is 0 Å². The van der Waals surface area contributed by atoms with Crippen molar-refractivity contribution in [3.05, 3.63) is 32.1 Å². The van der Waals surface area contributed by atoms with E-state index in [1.807, 2.05) is 6.92 Å². The van der Waals surface area contributed by atoms with Gasteiger partial charge in [0.25, 0.3) is 5.56 Å². The van der Waals surface area contributed by atoms with Crippen LogP contribution in [-0.4, -0.2) is 9.97 Å². The topological polar surface area (TPSA) is 65.7 Å². The molecule has 1 aliphatic rings. The van der Waals surface area contributed by atoms with E-state index in [4.69, 9.17) is 0 Å². The predicted molar refractivity (Wildman–Crippen MR) is 62.9 cm³/mol. The second-order valence-corrected chi connectivity index (χ2v) is 5.06. The minimum atomic E-state index is -0.386. The summed E-state index contributed by atoms with van der Waals surface area (Å²) in [6.45, 7) is 6.30. The van der Waals surface area contributed by atoms with Crippen LogP contribution in [0, 0.1) is 5.92 Å². The zero-order valence-corrected chi connectivity index (χ0v) is 9.96. The average molecular weight is 222 g/mol. The normalized spacial score (nSPS) is 24.5. The Morgan fingerprint density at radius 2 is 1.88 bits per heavy atom. The molecule has 16 heavy (non-hydrogen) atoms. The second kappa shape index (κ2) is 3.92. The number of hydrogen-bond donors (Lipinski definition) is 2. The lowest BCUT2D eigenvalue weighted by Gasteiger charge is -2.30. The first kappa shape index (κ1) is 11.2. The maximum absolute atomic E-state index is 11.8. The van der Waals surface area contributed by atoms with Gasteiger partial charge in [0.1, 0.15) is 0 Å². The zero-order chi connectivity index (χ0) is 11.9. The molecule has 0 saturated heterocycles. The molecule has 1 heterocycles. The lowest BCUT2D eigenvalue weighted by atomic mass is 9.76. The van der Waals surface area contributed by atoms with E-state index in [2.05, 4.69) is 23.8 Å². The first-order chi connectivity index (χ1) is 7.50. The highest BCUT2D eigenvalue weighted by atomic mass is 16.2. The number of nitrogens with one attached hydrogen (secondary N) is 2. The monoisotopic (exact) mass is 222 g/mol. The van der Waals surface area contributed by atoms with Crippen LogP contribution >= 0.6 is 0 Å². The Morgan fingerprint density at radius 1 is 1.19 bits per heavy atom. The molecule has 1 aromatic heterocycles. The van der Waals surface area contributed by atoms with Crippen molar-refractivity contribution in [1.29, 1.82) is 0 Å². The minimum Gasteiger partial charge on any atom is -0.311 e. The van der Waals surface area contributed by atoms with Gasteiger partial charge in [-0.05, 0) is 24.7 Å². The van der Waals surface area contributed by atoms with Crippen LogP contribution in [0.1, 0.15) is 56.7 Å². The first-order valence-corrected chi connectivity index (χ1v) is 5.87. The molecule has 0 fully saturated rings. The van der Waals surface area contributed by atoms with Crippen LogP contribution in [0.5, 0.6) is 0 Å². The van der Waals surface area contributed by atoms with Gasteiger partial charge in [0.15, 0.2) is 0 Å². The SMILES string of the molecule is CC1CCC(C(C)C)c2[nH]c(=O)[nH]c(=O)c21. The fourth-order valence-corrected chi connectivity index (χ4v) is 2.68. The molecule has 4 nitrogen and oxygen atoms in total. The highest BCUT2D eigenvalue weighted by Crippen LogP contribution is 2.38. The van der Waals surface area contributed by atoms with Crippen molar-refractivity contribution >= 4 is 0 Å². The molecule has 0 saturated carbocycles. The minimum absolute atomic E-state index is 0.211. The summed E-state index contributed by atoms with van der Waals surface area (Å²) in [7, 11) is 0. The maximum atomic E-state index is 11.8. The van der Waals surface area contributed by atoms with Gasteiger partial charge >= 0.3 is 5.69 Å². The summed E-state index contributed by atoms with van der Waals surface area (Å²) < 4.78 is 0. The molecule has 0 aromatic carbocycles. The Labute approximate surface area is 94.1 Å². The van der Waals surface area contributed by atoms with Crippen LogP contribution in [0.3, 0.4) is 0 Å². The molecule has 1 aromatic rings. The van der Waals surface area contributed by atoms with Crippen molar-refractivity contribution in [1.82, 2.24) is 9.97 Å². The molecule has 0 radical (unpaired) electrons. The van der Waals surface area contributed by atoms with E-state index >= 15 is 0 Å². The van der Waals surface area contributed by atoms with E-state index in [0.717, 1.165) is 24.1 Å². The standard InChI is InChI=1S/C12H18N2O2/c1-6(2)8-5-4-7(3)9-10(8)13-12(16)14-11(9)15/h6-8H,4-5H2,1-3H3,(H2,13,14,15,16). The van der Waals surface area contributed by atoms with Crippen LogP contribution in [0.25, 0.3) is 0 Å². The van der Waals surface area contributed by atoms with Crippen LogP contribution in [0.2, 0.25) is 0 Å². The third-order valence-corrected chi connectivity index (χ3v) is 3.59. The molecule has 1 aliphatic carbocycles. The molecule has 2 rings (SSSR count). The lowest BCUT2D eigenvalue weighted by Crippen LogP contribution is -2.33. The number of H-pyrrole nitrogens is 2. The van der Waals surface area contributed by atoms with Gasteiger partial charge in [-0.3, -0.25) is 9.78 Å². The summed E-state index contributed by atoms with van der Waals surface area (Å²) in [5, 5.41) is 0. The van der Waals surface area contributed by atoms with Crippen molar-refractivity contribution in [2.45, 2.75) is 45.4 Å². The molecule has 4 heteroatoms. The molecule has 2 atom stereocenters. The van der Waals surface area contributed by atoms with Gasteiger partial charge in [-0.1, -0.05) is 20.8 Å². The Balaban J connectivity index is 2.65. The van der Waals surface area contributed by atoms with E-state index in [1.165, 1.54) is 0 Å². The highest BCUT2D eigenvalue weighted by molar-refractivity contribution is 5.27. The van der Waals surface area contributed by atoms with Crippen molar-refractivity contribution in [2.75, 3.05) is 0 Å². The number of fused-ring (bicyclic) bond motifs is 1. The first-order valence-electron chi connectivity index (χ1n) is 5.87. The maximum Gasteiger partial charge on any atom is 0.325 e. The lowest BCUT2D eigenvalue weighted by molar-refractivity contribution is 0.396. The number of aromatic nitrogens is 2. The van der Waals surface area contributed by atoms with Gasteiger partial charge in [-0.2, -0.15) is 0 Å².